The maximum absolute atomic E-state index is 12.7. The first-order valence-electron chi connectivity index (χ1n) is 6.22. The quantitative estimate of drug-likeness (QED) is 0.708. The van der Waals surface area contributed by atoms with Crippen LogP contribution in [0.4, 0.5) is 4.39 Å². The van der Waals surface area contributed by atoms with Crippen molar-refractivity contribution in [3.63, 3.8) is 0 Å². The minimum Gasteiger partial charge on any atom is -0.354 e. The number of nitrogens with one attached hydrogen (secondary N) is 3. The monoisotopic (exact) mass is 251 g/mol. The van der Waals surface area contributed by atoms with Crippen LogP contribution in [0.15, 0.2) is 24.3 Å². The fourth-order valence-corrected chi connectivity index (χ4v) is 1.94. The number of piperazine rings is 1. The summed E-state index contributed by atoms with van der Waals surface area (Å²) in [5, 5.41) is 9.20. The van der Waals surface area contributed by atoms with E-state index in [1.807, 2.05) is 0 Å². The Morgan fingerprint density at radius 3 is 2.78 bits per heavy atom. The molecule has 1 aliphatic heterocycles. The molecule has 0 aromatic heterocycles. The molecule has 0 saturated carbocycles. The highest BCUT2D eigenvalue weighted by atomic mass is 19.1. The lowest BCUT2D eigenvalue weighted by atomic mass is 10.1. The minimum absolute atomic E-state index is 0.0179. The molecule has 1 aromatic rings. The van der Waals surface area contributed by atoms with Gasteiger partial charge in [-0.05, 0) is 24.1 Å². The highest BCUT2D eigenvalue weighted by Crippen LogP contribution is 2.02. The first kappa shape index (κ1) is 13.0. The molecule has 1 atom stereocenters. The van der Waals surface area contributed by atoms with Crippen molar-refractivity contribution in [1.82, 2.24) is 16.0 Å². The fraction of sp³-hybridized carbons (Fsp3) is 0.462. The normalized spacial score (nSPS) is 19.5. The summed E-state index contributed by atoms with van der Waals surface area (Å²) in [5.41, 5.74) is 1.02. The third-order valence-corrected chi connectivity index (χ3v) is 2.98. The Balaban J connectivity index is 1.71. The number of benzene rings is 1. The number of carbonyl (C=O) groups is 1. The number of hydrogen-bond acceptors (Lipinski definition) is 3. The molecule has 2 rings (SSSR count). The van der Waals surface area contributed by atoms with Gasteiger partial charge in [0.15, 0.2) is 0 Å². The average molecular weight is 251 g/mol. The van der Waals surface area contributed by atoms with E-state index in [0.717, 1.165) is 18.7 Å². The molecule has 1 saturated heterocycles. The highest BCUT2D eigenvalue weighted by molar-refractivity contribution is 5.82. The Bertz CT molecular complexity index is 388. The van der Waals surface area contributed by atoms with Gasteiger partial charge >= 0.3 is 0 Å². The molecule has 0 bridgehead atoms. The molecule has 1 amide bonds. The van der Waals surface area contributed by atoms with Crippen molar-refractivity contribution in [2.24, 2.45) is 0 Å². The van der Waals surface area contributed by atoms with Crippen LogP contribution in [0.3, 0.4) is 0 Å². The molecule has 98 valence electrons. The van der Waals surface area contributed by atoms with E-state index in [-0.39, 0.29) is 17.8 Å². The zero-order valence-corrected chi connectivity index (χ0v) is 10.2. The number of halogens is 1. The number of carbonyl (C=O) groups excluding carboxylic acids is 1. The van der Waals surface area contributed by atoms with Gasteiger partial charge in [-0.2, -0.15) is 0 Å². The Morgan fingerprint density at radius 1 is 1.33 bits per heavy atom. The van der Waals surface area contributed by atoms with E-state index in [1.165, 1.54) is 12.1 Å². The second-order valence-electron chi connectivity index (χ2n) is 4.38. The van der Waals surface area contributed by atoms with Crippen LogP contribution in [0.25, 0.3) is 0 Å². The maximum Gasteiger partial charge on any atom is 0.238 e. The van der Waals surface area contributed by atoms with E-state index in [0.29, 0.717) is 19.5 Å². The molecule has 3 N–H and O–H groups in total. The summed E-state index contributed by atoms with van der Waals surface area (Å²) < 4.78 is 12.7. The van der Waals surface area contributed by atoms with Crippen LogP contribution in [-0.2, 0) is 11.2 Å². The number of rotatable bonds is 4. The van der Waals surface area contributed by atoms with E-state index >= 15 is 0 Å². The van der Waals surface area contributed by atoms with Gasteiger partial charge in [0, 0.05) is 26.2 Å². The molecule has 0 aliphatic carbocycles. The van der Waals surface area contributed by atoms with E-state index < -0.39 is 0 Å². The van der Waals surface area contributed by atoms with Crippen LogP contribution in [-0.4, -0.2) is 38.1 Å². The Labute approximate surface area is 106 Å². The first-order valence-corrected chi connectivity index (χ1v) is 6.22. The van der Waals surface area contributed by atoms with Crippen molar-refractivity contribution in [3.05, 3.63) is 35.6 Å². The molecule has 1 unspecified atom stereocenters. The zero-order chi connectivity index (χ0) is 12.8. The maximum atomic E-state index is 12.7. The lowest BCUT2D eigenvalue weighted by Gasteiger charge is -2.23. The van der Waals surface area contributed by atoms with Crippen LogP contribution in [0.2, 0.25) is 0 Å². The van der Waals surface area contributed by atoms with Crippen molar-refractivity contribution >= 4 is 5.91 Å². The second-order valence-corrected chi connectivity index (χ2v) is 4.38. The van der Waals surface area contributed by atoms with E-state index in [4.69, 9.17) is 0 Å². The first-order chi connectivity index (χ1) is 8.75. The molecule has 1 heterocycles. The van der Waals surface area contributed by atoms with Crippen molar-refractivity contribution < 1.29 is 9.18 Å². The molecule has 5 heteroatoms. The molecule has 0 spiro atoms. The summed E-state index contributed by atoms with van der Waals surface area (Å²) in [5.74, 6) is -0.218. The van der Waals surface area contributed by atoms with Crippen LogP contribution in [0.1, 0.15) is 5.56 Å². The van der Waals surface area contributed by atoms with Crippen molar-refractivity contribution in [2.45, 2.75) is 12.5 Å². The summed E-state index contributed by atoms with van der Waals surface area (Å²) >= 11 is 0. The largest absolute Gasteiger partial charge is 0.354 e. The Kier molecular flexibility index (Phi) is 4.66. The standard InChI is InChI=1S/C13H18FN3O/c14-11-3-1-10(2-4-11)5-6-17-13(18)12-9-15-7-8-16-12/h1-4,12,15-16H,5-9H2,(H,17,18). The minimum atomic E-state index is -0.236. The number of amides is 1. The topological polar surface area (TPSA) is 53.2 Å². The van der Waals surface area contributed by atoms with Crippen molar-refractivity contribution in [2.75, 3.05) is 26.2 Å². The van der Waals surface area contributed by atoms with Gasteiger partial charge in [-0.1, -0.05) is 12.1 Å². The molecule has 1 aromatic carbocycles. The molecule has 18 heavy (non-hydrogen) atoms. The molecule has 4 nitrogen and oxygen atoms in total. The van der Waals surface area contributed by atoms with Gasteiger partial charge in [-0.15, -0.1) is 0 Å². The lowest BCUT2D eigenvalue weighted by Crippen LogP contribution is -2.55. The van der Waals surface area contributed by atoms with Gasteiger partial charge in [-0.3, -0.25) is 4.79 Å². The molecule has 1 fully saturated rings. The second kappa shape index (κ2) is 6.47. The van der Waals surface area contributed by atoms with E-state index in [2.05, 4.69) is 16.0 Å². The fourth-order valence-electron chi connectivity index (χ4n) is 1.94. The van der Waals surface area contributed by atoms with Crippen molar-refractivity contribution in [1.29, 1.82) is 0 Å². The van der Waals surface area contributed by atoms with Gasteiger partial charge < -0.3 is 16.0 Å². The summed E-state index contributed by atoms with van der Waals surface area (Å²) in [6.07, 6.45) is 0.714. The molecular formula is C13H18FN3O. The van der Waals surface area contributed by atoms with E-state index in [9.17, 15) is 9.18 Å². The SMILES string of the molecule is O=C(NCCc1ccc(F)cc1)C1CNCCN1. The molecule has 1 aliphatic rings. The summed E-state index contributed by atoms with van der Waals surface area (Å²) in [6, 6.07) is 6.20. The highest BCUT2D eigenvalue weighted by Gasteiger charge is 2.19. The summed E-state index contributed by atoms with van der Waals surface area (Å²) in [4.78, 5) is 11.8. The smallest absolute Gasteiger partial charge is 0.238 e. The number of hydrogen-bond donors (Lipinski definition) is 3. The van der Waals surface area contributed by atoms with Crippen LogP contribution < -0.4 is 16.0 Å². The van der Waals surface area contributed by atoms with Gasteiger partial charge in [0.25, 0.3) is 0 Å². The Hall–Kier alpha value is -1.46. The van der Waals surface area contributed by atoms with Crippen molar-refractivity contribution in [3.8, 4) is 0 Å². The third-order valence-electron chi connectivity index (χ3n) is 2.98. The van der Waals surface area contributed by atoms with Gasteiger partial charge in [0.1, 0.15) is 5.82 Å². The van der Waals surface area contributed by atoms with Crippen LogP contribution in [0, 0.1) is 5.82 Å². The van der Waals surface area contributed by atoms with Gasteiger partial charge in [-0.25, -0.2) is 4.39 Å². The summed E-state index contributed by atoms with van der Waals surface area (Å²) in [7, 11) is 0. The summed E-state index contributed by atoms with van der Waals surface area (Å²) in [6.45, 7) is 2.96. The van der Waals surface area contributed by atoms with Crippen LogP contribution in [0.5, 0.6) is 0 Å². The van der Waals surface area contributed by atoms with Crippen LogP contribution >= 0.6 is 0 Å². The van der Waals surface area contributed by atoms with E-state index in [1.54, 1.807) is 12.1 Å². The Morgan fingerprint density at radius 2 is 2.11 bits per heavy atom. The average Bonchev–Trinajstić information content (AvgIpc) is 2.42. The molecular weight excluding hydrogens is 233 g/mol. The zero-order valence-electron chi connectivity index (χ0n) is 10.2. The third kappa shape index (κ3) is 3.78. The predicted octanol–water partition coefficient (Wildman–Crippen LogP) is 0.0458. The van der Waals surface area contributed by atoms with Gasteiger partial charge in [0.05, 0.1) is 6.04 Å². The molecule has 0 radical (unpaired) electrons. The predicted molar refractivity (Wildman–Crippen MR) is 67.8 cm³/mol. The van der Waals surface area contributed by atoms with Gasteiger partial charge in [0.2, 0.25) is 5.91 Å². The lowest BCUT2D eigenvalue weighted by molar-refractivity contribution is -0.123.